The van der Waals surface area contributed by atoms with Crippen LogP contribution in [0.4, 0.5) is 5.69 Å². The summed E-state index contributed by atoms with van der Waals surface area (Å²) in [6.45, 7) is 0. The molecule has 1 nitrogen and oxygen atoms in total. The first-order valence-corrected chi connectivity index (χ1v) is 20.1. The van der Waals surface area contributed by atoms with Crippen molar-refractivity contribution in [3.05, 3.63) is 250 Å². The highest BCUT2D eigenvalue weighted by molar-refractivity contribution is 5.94. The second-order valence-corrected chi connectivity index (χ2v) is 15.3. The molecule has 0 saturated heterocycles. The number of benzene rings is 7. The number of hydrogen-bond donors (Lipinski definition) is 1. The molecule has 7 aromatic rings. The third-order valence-electron chi connectivity index (χ3n) is 11.7. The Morgan fingerprint density at radius 1 is 0.421 bits per heavy atom. The van der Waals surface area contributed by atoms with Gasteiger partial charge in [0.25, 0.3) is 0 Å². The summed E-state index contributed by atoms with van der Waals surface area (Å²) in [4.78, 5) is 0. The summed E-state index contributed by atoms with van der Waals surface area (Å²) in [7, 11) is 0. The van der Waals surface area contributed by atoms with Gasteiger partial charge in [0.2, 0.25) is 0 Å². The van der Waals surface area contributed by atoms with Crippen molar-refractivity contribution in [2.24, 2.45) is 0 Å². The third kappa shape index (κ3) is 6.94. The molecule has 1 aliphatic heterocycles. The molecule has 10 rings (SSSR count). The van der Waals surface area contributed by atoms with Gasteiger partial charge in [0.05, 0.1) is 0 Å². The van der Waals surface area contributed by atoms with Crippen LogP contribution in [0, 0.1) is 0 Å². The number of nitrogens with one attached hydrogen (secondary N) is 1. The van der Waals surface area contributed by atoms with Gasteiger partial charge < -0.3 is 5.32 Å². The number of hydrogen-bond acceptors (Lipinski definition) is 1. The Kier molecular flexibility index (Phi) is 9.26. The highest BCUT2D eigenvalue weighted by Gasteiger charge is 2.23. The summed E-state index contributed by atoms with van der Waals surface area (Å²) in [5.74, 6) is 0. The first-order valence-electron chi connectivity index (χ1n) is 20.1. The highest BCUT2D eigenvalue weighted by atomic mass is 14.8. The van der Waals surface area contributed by atoms with E-state index in [0.717, 1.165) is 31.4 Å². The maximum absolute atomic E-state index is 3.78. The van der Waals surface area contributed by atoms with Gasteiger partial charge in [0.15, 0.2) is 0 Å². The van der Waals surface area contributed by atoms with Gasteiger partial charge in [-0.2, -0.15) is 0 Å². The second kappa shape index (κ2) is 15.3. The lowest BCUT2D eigenvalue weighted by atomic mass is 9.83. The fraction of sp³-hybridized carbons (Fsp3) is 0.0714. The molecule has 0 atom stereocenters. The zero-order chi connectivity index (χ0) is 38.0. The molecule has 0 bridgehead atoms. The van der Waals surface area contributed by atoms with E-state index in [0.29, 0.717) is 0 Å². The molecular formula is C56H43N. The van der Waals surface area contributed by atoms with E-state index in [9.17, 15) is 0 Å². The van der Waals surface area contributed by atoms with E-state index in [1.165, 1.54) is 94.6 Å². The van der Waals surface area contributed by atoms with Gasteiger partial charge in [-0.15, -0.1) is 0 Å². The molecule has 272 valence electrons. The molecule has 57 heavy (non-hydrogen) atoms. The smallest absolute Gasteiger partial charge is 0.0460 e. The molecule has 1 N–H and O–H groups in total. The van der Waals surface area contributed by atoms with Gasteiger partial charge in [-0.3, -0.25) is 0 Å². The Balaban J connectivity index is 1.08. The standard InChI is InChI=1S/C56H43N/c1-2-14-39(15-3-1)34-40-16-12-20-42(35-40)43-21-13-22-44(36-43)45-29-31-56-55(38-45)48-23-7-4-17-41(48)28-30-53-52-27-11-10-26-51(52)49-24-8-5-18-46(49)37-47-19-6-9-25-50(47)54(53)32-33-57-56/h1-10,12-26,28-33,35-36,38,57H,11,27,34,37H2/b30-28-,33-32+,54-53-. The fourth-order valence-electron chi connectivity index (χ4n) is 8.87. The lowest BCUT2D eigenvalue weighted by Gasteiger charge is -2.21. The predicted octanol–water partition coefficient (Wildman–Crippen LogP) is 14.4. The van der Waals surface area contributed by atoms with Crippen LogP contribution in [0.1, 0.15) is 51.8 Å². The van der Waals surface area contributed by atoms with Gasteiger partial charge in [0.1, 0.15) is 0 Å². The van der Waals surface area contributed by atoms with Crippen LogP contribution in [-0.4, -0.2) is 0 Å². The Labute approximate surface area is 336 Å². The van der Waals surface area contributed by atoms with E-state index < -0.39 is 0 Å². The van der Waals surface area contributed by atoms with Crippen molar-refractivity contribution in [1.82, 2.24) is 0 Å². The molecule has 1 heterocycles. The van der Waals surface area contributed by atoms with E-state index in [2.05, 4.69) is 212 Å². The van der Waals surface area contributed by atoms with Crippen molar-refractivity contribution in [2.45, 2.75) is 25.7 Å². The summed E-state index contributed by atoms with van der Waals surface area (Å²) in [5, 5.41) is 3.78. The predicted molar refractivity (Wildman–Crippen MR) is 242 cm³/mol. The summed E-state index contributed by atoms with van der Waals surface area (Å²) >= 11 is 0. The Morgan fingerprint density at radius 2 is 1.07 bits per heavy atom. The van der Waals surface area contributed by atoms with Crippen molar-refractivity contribution in [3.8, 4) is 33.4 Å². The topological polar surface area (TPSA) is 12.0 Å². The molecule has 0 amide bonds. The van der Waals surface area contributed by atoms with E-state index >= 15 is 0 Å². The average Bonchev–Trinajstić information content (AvgIpc) is 3.28. The molecule has 2 aliphatic carbocycles. The van der Waals surface area contributed by atoms with Crippen LogP contribution in [-0.2, 0) is 12.8 Å². The van der Waals surface area contributed by atoms with Crippen LogP contribution in [0.15, 0.2) is 212 Å². The van der Waals surface area contributed by atoms with Crippen molar-refractivity contribution >= 4 is 22.9 Å². The van der Waals surface area contributed by atoms with Crippen molar-refractivity contribution in [3.63, 3.8) is 0 Å². The van der Waals surface area contributed by atoms with Crippen molar-refractivity contribution < 1.29 is 0 Å². The van der Waals surface area contributed by atoms with E-state index in [1.54, 1.807) is 0 Å². The SMILES string of the molecule is C1=CC2=C(CC1)C1=C(/C=C/Nc3ccc(-c4cccc(-c5cccc(Cc6ccccc6)c5)c4)cc3-c3ccccc3/C=C\1)c1ccccc1Cc1ccccc12. The summed E-state index contributed by atoms with van der Waals surface area (Å²) in [6.07, 6.45) is 17.7. The Morgan fingerprint density at radius 3 is 1.88 bits per heavy atom. The maximum atomic E-state index is 3.78. The van der Waals surface area contributed by atoms with E-state index in [1.807, 2.05) is 0 Å². The van der Waals surface area contributed by atoms with Gasteiger partial charge in [-0.05, 0) is 139 Å². The largest absolute Gasteiger partial charge is 0.361 e. The fourth-order valence-corrected chi connectivity index (χ4v) is 8.87. The average molecular weight is 730 g/mol. The zero-order valence-electron chi connectivity index (χ0n) is 32.0. The lowest BCUT2D eigenvalue weighted by Crippen LogP contribution is -2.01. The lowest BCUT2D eigenvalue weighted by molar-refractivity contribution is 0.984. The number of fused-ring (bicyclic) bond motifs is 8. The zero-order valence-corrected chi connectivity index (χ0v) is 32.0. The normalized spacial score (nSPS) is 16.7. The molecule has 0 saturated carbocycles. The maximum Gasteiger partial charge on any atom is 0.0460 e. The quantitative estimate of drug-likeness (QED) is 0.190. The minimum absolute atomic E-state index is 0.882. The van der Waals surface area contributed by atoms with Crippen molar-refractivity contribution in [2.75, 3.05) is 5.32 Å². The molecule has 0 radical (unpaired) electrons. The summed E-state index contributed by atoms with van der Waals surface area (Å²) in [6, 6.07) is 62.3. The van der Waals surface area contributed by atoms with E-state index in [4.69, 9.17) is 0 Å². The number of allylic oxidation sites excluding steroid dienone is 8. The van der Waals surface area contributed by atoms with Crippen LogP contribution in [0.2, 0.25) is 0 Å². The number of rotatable bonds is 4. The molecule has 7 aromatic carbocycles. The molecular weight excluding hydrogens is 687 g/mol. The summed E-state index contributed by atoms with van der Waals surface area (Å²) in [5.41, 5.74) is 22.7. The molecule has 0 spiro atoms. The van der Waals surface area contributed by atoms with E-state index in [-0.39, 0.29) is 0 Å². The molecule has 1 heteroatoms. The molecule has 0 unspecified atom stereocenters. The third-order valence-corrected chi connectivity index (χ3v) is 11.7. The minimum Gasteiger partial charge on any atom is -0.361 e. The molecule has 3 aliphatic rings. The Bertz CT molecular complexity index is 2810. The monoisotopic (exact) mass is 729 g/mol. The molecule has 0 fully saturated rings. The summed E-state index contributed by atoms with van der Waals surface area (Å²) < 4.78 is 0. The van der Waals surface area contributed by atoms with Gasteiger partial charge in [-0.1, -0.05) is 176 Å². The first-order chi connectivity index (χ1) is 28.2. The van der Waals surface area contributed by atoms with Crippen LogP contribution in [0.5, 0.6) is 0 Å². The highest BCUT2D eigenvalue weighted by Crippen LogP contribution is 2.43. The second-order valence-electron chi connectivity index (χ2n) is 15.3. The van der Waals surface area contributed by atoms with Gasteiger partial charge >= 0.3 is 0 Å². The Hall–Kier alpha value is -6.96. The number of anilines is 1. The van der Waals surface area contributed by atoms with Gasteiger partial charge in [0, 0.05) is 17.5 Å². The van der Waals surface area contributed by atoms with Crippen LogP contribution in [0.3, 0.4) is 0 Å². The van der Waals surface area contributed by atoms with Gasteiger partial charge in [-0.25, -0.2) is 0 Å². The first kappa shape index (κ1) is 34.5. The van der Waals surface area contributed by atoms with Crippen LogP contribution < -0.4 is 5.32 Å². The minimum atomic E-state index is 0.882. The van der Waals surface area contributed by atoms with Crippen LogP contribution >= 0.6 is 0 Å². The van der Waals surface area contributed by atoms with Crippen LogP contribution in [0.25, 0.3) is 50.6 Å². The molecule has 0 aromatic heterocycles. The van der Waals surface area contributed by atoms with Crippen molar-refractivity contribution in [1.29, 1.82) is 0 Å².